The van der Waals surface area contributed by atoms with Gasteiger partial charge in [0.1, 0.15) is 0 Å². The number of rotatable bonds is 3. The molecule has 0 radical (unpaired) electrons. The minimum absolute atomic E-state index is 0.683. The van der Waals surface area contributed by atoms with Crippen molar-refractivity contribution in [3.05, 3.63) is 48.3 Å². The van der Waals surface area contributed by atoms with E-state index < -0.39 is 0 Å². The molecule has 0 saturated heterocycles. The first kappa shape index (κ1) is 8.97. The first-order valence-electron chi connectivity index (χ1n) is 4.69. The molecule has 0 fully saturated rings. The second-order valence-electron chi connectivity index (χ2n) is 3.16. The Hall–Kier alpha value is -1.61. The average Bonchev–Trinajstić information content (AvgIpc) is 2.71. The maximum absolute atomic E-state index is 5.51. The molecule has 0 aliphatic rings. The van der Waals surface area contributed by atoms with Crippen LogP contribution in [0, 0.1) is 0 Å². The molecule has 0 unspecified atom stereocenters. The van der Waals surface area contributed by atoms with Gasteiger partial charge in [-0.3, -0.25) is 0 Å². The van der Waals surface area contributed by atoms with Crippen LogP contribution in [0.15, 0.2) is 42.7 Å². The zero-order chi connectivity index (χ0) is 9.80. The number of nitrogens with two attached hydrogens (primary N) is 1. The fourth-order valence-corrected chi connectivity index (χ4v) is 1.44. The highest BCUT2D eigenvalue weighted by Crippen LogP contribution is 2.09. The summed E-state index contributed by atoms with van der Waals surface area (Å²) in [4.78, 5) is 0. The van der Waals surface area contributed by atoms with Gasteiger partial charge < -0.3 is 5.73 Å². The highest BCUT2D eigenvalue weighted by atomic mass is 15.3. The molecule has 0 spiro atoms. The lowest BCUT2D eigenvalue weighted by Crippen LogP contribution is -2.03. The molecule has 2 rings (SSSR count). The molecule has 1 aromatic carbocycles. The molecule has 72 valence electrons. The van der Waals surface area contributed by atoms with E-state index in [0.29, 0.717) is 6.54 Å². The Morgan fingerprint density at radius 1 is 1.29 bits per heavy atom. The van der Waals surface area contributed by atoms with E-state index in [-0.39, 0.29) is 0 Å². The molecule has 3 nitrogen and oxygen atoms in total. The van der Waals surface area contributed by atoms with Crippen molar-refractivity contribution in [3.63, 3.8) is 0 Å². The van der Waals surface area contributed by atoms with E-state index in [4.69, 9.17) is 5.73 Å². The van der Waals surface area contributed by atoms with Crippen LogP contribution in [0.1, 0.15) is 5.56 Å². The molecule has 0 amide bonds. The van der Waals surface area contributed by atoms with E-state index in [9.17, 15) is 0 Å². The van der Waals surface area contributed by atoms with Gasteiger partial charge in [0.05, 0.1) is 5.69 Å². The fraction of sp³-hybridized carbons (Fsp3) is 0.182. The number of hydrogen-bond donors (Lipinski definition) is 1. The summed E-state index contributed by atoms with van der Waals surface area (Å²) in [7, 11) is 0. The summed E-state index contributed by atoms with van der Waals surface area (Å²) in [5.74, 6) is 0. The molecule has 2 aromatic rings. The highest BCUT2D eigenvalue weighted by Gasteiger charge is 1.97. The number of aromatic nitrogens is 2. The lowest BCUT2D eigenvalue weighted by atomic mass is 10.1. The average molecular weight is 187 g/mol. The highest BCUT2D eigenvalue weighted by molar-refractivity contribution is 5.35. The molecule has 14 heavy (non-hydrogen) atoms. The lowest BCUT2D eigenvalue weighted by Gasteiger charge is -2.03. The Morgan fingerprint density at radius 2 is 2.21 bits per heavy atom. The van der Waals surface area contributed by atoms with Crippen LogP contribution in [-0.2, 0) is 6.42 Å². The largest absolute Gasteiger partial charge is 0.330 e. The third kappa shape index (κ3) is 1.83. The van der Waals surface area contributed by atoms with Crippen LogP contribution in [-0.4, -0.2) is 16.3 Å². The van der Waals surface area contributed by atoms with Crippen LogP contribution in [0.2, 0.25) is 0 Å². The minimum Gasteiger partial charge on any atom is -0.330 e. The van der Waals surface area contributed by atoms with Gasteiger partial charge in [-0.1, -0.05) is 12.1 Å². The predicted octanol–water partition coefficient (Wildman–Crippen LogP) is 1.37. The molecule has 1 aromatic heterocycles. The third-order valence-corrected chi connectivity index (χ3v) is 2.11. The summed E-state index contributed by atoms with van der Waals surface area (Å²) in [5.41, 5.74) is 7.84. The van der Waals surface area contributed by atoms with Crippen LogP contribution >= 0.6 is 0 Å². The molecule has 3 heteroatoms. The van der Waals surface area contributed by atoms with Gasteiger partial charge in [-0.05, 0) is 36.7 Å². The summed E-state index contributed by atoms with van der Waals surface area (Å²) >= 11 is 0. The SMILES string of the molecule is NCCc1cccc(-n2cccn2)c1. The Morgan fingerprint density at radius 3 is 2.93 bits per heavy atom. The van der Waals surface area contributed by atoms with Crippen LogP contribution in [0.5, 0.6) is 0 Å². The maximum Gasteiger partial charge on any atom is 0.0648 e. The van der Waals surface area contributed by atoms with Gasteiger partial charge in [-0.2, -0.15) is 5.10 Å². The van der Waals surface area contributed by atoms with E-state index in [1.165, 1.54) is 5.56 Å². The molecule has 1 heterocycles. The molecule has 0 saturated carbocycles. The molecule has 0 aliphatic heterocycles. The number of hydrogen-bond acceptors (Lipinski definition) is 2. The van der Waals surface area contributed by atoms with Crippen molar-refractivity contribution >= 4 is 0 Å². The lowest BCUT2D eigenvalue weighted by molar-refractivity contribution is 0.873. The Kier molecular flexibility index (Phi) is 2.60. The topological polar surface area (TPSA) is 43.8 Å². The minimum atomic E-state index is 0.683. The normalized spacial score (nSPS) is 10.4. The van der Waals surface area contributed by atoms with Crippen LogP contribution in [0.3, 0.4) is 0 Å². The van der Waals surface area contributed by atoms with Crippen molar-refractivity contribution in [2.24, 2.45) is 5.73 Å². The van der Waals surface area contributed by atoms with Gasteiger partial charge in [0.15, 0.2) is 0 Å². The van der Waals surface area contributed by atoms with Crippen LogP contribution < -0.4 is 5.73 Å². The Labute approximate surface area is 83.2 Å². The first-order valence-corrected chi connectivity index (χ1v) is 4.69. The second kappa shape index (κ2) is 4.07. The van der Waals surface area contributed by atoms with E-state index in [1.54, 1.807) is 6.20 Å². The van der Waals surface area contributed by atoms with Crippen molar-refractivity contribution in [1.29, 1.82) is 0 Å². The van der Waals surface area contributed by atoms with Crippen molar-refractivity contribution in [2.75, 3.05) is 6.54 Å². The Bertz CT molecular complexity index is 393. The van der Waals surface area contributed by atoms with Gasteiger partial charge in [-0.15, -0.1) is 0 Å². The summed E-state index contributed by atoms with van der Waals surface area (Å²) in [5, 5.41) is 4.17. The summed E-state index contributed by atoms with van der Waals surface area (Å²) in [6, 6.07) is 10.2. The van der Waals surface area contributed by atoms with Crippen LogP contribution in [0.25, 0.3) is 5.69 Å². The Balaban J connectivity index is 2.31. The van der Waals surface area contributed by atoms with E-state index >= 15 is 0 Å². The monoisotopic (exact) mass is 187 g/mol. The van der Waals surface area contributed by atoms with Gasteiger partial charge in [0.25, 0.3) is 0 Å². The number of nitrogens with zero attached hydrogens (tertiary/aromatic N) is 2. The van der Waals surface area contributed by atoms with Gasteiger partial charge in [0, 0.05) is 12.4 Å². The van der Waals surface area contributed by atoms with Crippen LogP contribution in [0.4, 0.5) is 0 Å². The molecular formula is C11H13N3. The summed E-state index contributed by atoms with van der Waals surface area (Å²) < 4.78 is 1.85. The first-order chi connectivity index (χ1) is 6.90. The molecule has 0 atom stereocenters. The molecule has 0 aliphatic carbocycles. The van der Waals surface area contributed by atoms with E-state index in [2.05, 4.69) is 17.2 Å². The number of benzene rings is 1. The van der Waals surface area contributed by atoms with Gasteiger partial charge in [0.2, 0.25) is 0 Å². The second-order valence-corrected chi connectivity index (χ2v) is 3.16. The standard InChI is InChI=1S/C11H13N3/c12-6-5-10-3-1-4-11(9-10)14-8-2-7-13-14/h1-4,7-9H,5-6,12H2. The van der Waals surface area contributed by atoms with Gasteiger partial charge >= 0.3 is 0 Å². The quantitative estimate of drug-likeness (QED) is 0.788. The van der Waals surface area contributed by atoms with E-state index in [1.807, 2.05) is 29.1 Å². The third-order valence-electron chi connectivity index (χ3n) is 2.11. The van der Waals surface area contributed by atoms with Crippen molar-refractivity contribution < 1.29 is 0 Å². The van der Waals surface area contributed by atoms with Crippen molar-refractivity contribution in [1.82, 2.24) is 9.78 Å². The van der Waals surface area contributed by atoms with Crippen molar-refractivity contribution in [3.8, 4) is 5.69 Å². The fourth-order valence-electron chi connectivity index (χ4n) is 1.44. The predicted molar refractivity (Wildman–Crippen MR) is 56.3 cm³/mol. The summed E-state index contributed by atoms with van der Waals surface area (Å²) in [6.45, 7) is 0.683. The van der Waals surface area contributed by atoms with E-state index in [0.717, 1.165) is 12.1 Å². The summed E-state index contributed by atoms with van der Waals surface area (Å²) in [6.07, 6.45) is 4.62. The molecular weight excluding hydrogens is 174 g/mol. The zero-order valence-corrected chi connectivity index (χ0v) is 7.93. The molecule has 0 bridgehead atoms. The molecule has 2 N–H and O–H groups in total. The van der Waals surface area contributed by atoms with Gasteiger partial charge in [-0.25, -0.2) is 4.68 Å². The zero-order valence-electron chi connectivity index (χ0n) is 7.93. The maximum atomic E-state index is 5.51. The smallest absolute Gasteiger partial charge is 0.0648 e. The van der Waals surface area contributed by atoms with Crippen molar-refractivity contribution in [2.45, 2.75) is 6.42 Å².